The number of benzene rings is 2. The monoisotopic (exact) mass is 352 g/mol. The highest BCUT2D eigenvalue weighted by Crippen LogP contribution is 2.22. The van der Waals surface area contributed by atoms with Crippen molar-refractivity contribution in [2.45, 2.75) is 53.2 Å². The fourth-order valence-electron chi connectivity index (χ4n) is 3.18. The molecular weight excluding hydrogens is 324 g/mol. The number of imidazole rings is 1. The predicted octanol–water partition coefficient (Wildman–Crippen LogP) is 4.57. The Kier molecular flexibility index (Phi) is 5.94. The van der Waals surface area contributed by atoms with Gasteiger partial charge in [-0.25, -0.2) is 4.98 Å². The van der Waals surface area contributed by atoms with E-state index in [0.717, 1.165) is 48.4 Å². The lowest BCUT2D eigenvalue weighted by molar-refractivity contribution is 0.263. The predicted molar refractivity (Wildman–Crippen MR) is 106 cm³/mol. The molecule has 0 fully saturated rings. The van der Waals surface area contributed by atoms with Gasteiger partial charge in [-0.2, -0.15) is 0 Å². The van der Waals surface area contributed by atoms with E-state index < -0.39 is 0 Å². The molecule has 0 atom stereocenters. The van der Waals surface area contributed by atoms with E-state index >= 15 is 0 Å². The van der Waals surface area contributed by atoms with Gasteiger partial charge in [-0.05, 0) is 74.1 Å². The maximum atomic E-state index is 9.64. The van der Waals surface area contributed by atoms with Crippen molar-refractivity contribution in [1.82, 2.24) is 9.55 Å². The fraction of sp³-hybridized carbons (Fsp3) is 0.409. The molecule has 0 radical (unpaired) electrons. The second-order valence-electron chi connectivity index (χ2n) is 6.82. The molecule has 0 saturated carbocycles. The van der Waals surface area contributed by atoms with Crippen LogP contribution in [0.15, 0.2) is 36.4 Å². The van der Waals surface area contributed by atoms with Crippen LogP contribution in [0.4, 0.5) is 0 Å². The number of nitrogens with zero attached hydrogens (tertiary/aromatic N) is 2. The van der Waals surface area contributed by atoms with Crippen molar-refractivity contribution in [2.75, 3.05) is 6.61 Å². The summed E-state index contributed by atoms with van der Waals surface area (Å²) in [6, 6.07) is 12.6. The molecule has 1 heterocycles. The van der Waals surface area contributed by atoms with Gasteiger partial charge in [-0.1, -0.05) is 19.1 Å². The van der Waals surface area contributed by atoms with Gasteiger partial charge in [-0.3, -0.25) is 0 Å². The van der Waals surface area contributed by atoms with E-state index in [-0.39, 0.29) is 6.61 Å². The van der Waals surface area contributed by atoms with Gasteiger partial charge in [0.15, 0.2) is 0 Å². The summed E-state index contributed by atoms with van der Waals surface area (Å²) in [6.45, 7) is 7.86. The van der Waals surface area contributed by atoms with Crippen molar-refractivity contribution in [3.8, 4) is 5.75 Å². The summed E-state index contributed by atoms with van der Waals surface area (Å²) < 4.78 is 7.97. The largest absolute Gasteiger partial charge is 0.494 e. The highest BCUT2D eigenvalue weighted by Gasteiger charge is 2.11. The lowest BCUT2D eigenvalue weighted by Gasteiger charge is -2.10. The number of aromatic nitrogens is 2. The number of aliphatic hydroxyl groups excluding tert-OH is 1. The maximum absolute atomic E-state index is 9.64. The minimum absolute atomic E-state index is 0.0347. The number of aryl methyl sites for hydroxylation is 4. The topological polar surface area (TPSA) is 47.3 Å². The molecule has 4 nitrogen and oxygen atoms in total. The molecule has 0 saturated heterocycles. The molecule has 1 N–H and O–H groups in total. The molecule has 0 aliphatic heterocycles. The first-order valence-corrected chi connectivity index (χ1v) is 9.41. The minimum Gasteiger partial charge on any atom is -0.494 e. The number of unbranched alkanes of at least 4 members (excludes halogenated alkanes) is 1. The number of fused-ring (bicyclic) bond motifs is 1. The SMILES string of the molecule is CCc1ccc(OCCCCn2c(CO)nc3cc(C)c(C)cc32)cc1. The van der Waals surface area contributed by atoms with Crippen molar-refractivity contribution in [3.05, 3.63) is 58.9 Å². The Morgan fingerprint density at radius 1 is 1.04 bits per heavy atom. The van der Waals surface area contributed by atoms with E-state index in [4.69, 9.17) is 4.74 Å². The Balaban J connectivity index is 1.58. The van der Waals surface area contributed by atoms with E-state index in [9.17, 15) is 5.11 Å². The third kappa shape index (κ3) is 4.07. The molecule has 0 bridgehead atoms. The number of rotatable bonds is 8. The van der Waals surface area contributed by atoms with Crippen LogP contribution in [0.1, 0.15) is 42.3 Å². The molecule has 0 aliphatic rings. The Morgan fingerprint density at radius 3 is 2.46 bits per heavy atom. The Bertz CT molecular complexity index is 866. The van der Waals surface area contributed by atoms with Gasteiger partial charge >= 0.3 is 0 Å². The van der Waals surface area contributed by atoms with Crippen molar-refractivity contribution < 1.29 is 9.84 Å². The van der Waals surface area contributed by atoms with Crippen LogP contribution in [-0.2, 0) is 19.6 Å². The summed E-state index contributed by atoms with van der Waals surface area (Å²) in [7, 11) is 0. The van der Waals surface area contributed by atoms with Gasteiger partial charge < -0.3 is 14.4 Å². The second kappa shape index (κ2) is 8.37. The van der Waals surface area contributed by atoms with Gasteiger partial charge in [0.1, 0.15) is 18.2 Å². The van der Waals surface area contributed by atoms with Crippen LogP contribution in [-0.4, -0.2) is 21.3 Å². The van der Waals surface area contributed by atoms with Crippen molar-refractivity contribution in [2.24, 2.45) is 0 Å². The lowest BCUT2D eigenvalue weighted by Crippen LogP contribution is -2.06. The Morgan fingerprint density at radius 2 is 1.77 bits per heavy atom. The normalized spacial score (nSPS) is 11.2. The van der Waals surface area contributed by atoms with Gasteiger partial charge in [0.2, 0.25) is 0 Å². The maximum Gasteiger partial charge on any atom is 0.135 e. The first-order valence-electron chi connectivity index (χ1n) is 9.41. The van der Waals surface area contributed by atoms with Crippen molar-refractivity contribution in [1.29, 1.82) is 0 Å². The first-order chi connectivity index (χ1) is 12.6. The van der Waals surface area contributed by atoms with Crippen molar-refractivity contribution in [3.63, 3.8) is 0 Å². The number of hydrogen-bond donors (Lipinski definition) is 1. The molecular formula is C22H28N2O2. The summed E-state index contributed by atoms with van der Waals surface area (Å²) in [5.74, 6) is 1.67. The smallest absolute Gasteiger partial charge is 0.135 e. The second-order valence-corrected chi connectivity index (χ2v) is 6.82. The van der Waals surface area contributed by atoms with Crippen LogP contribution < -0.4 is 4.74 Å². The summed E-state index contributed by atoms with van der Waals surface area (Å²) in [5.41, 5.74) is 5.88. The Labute approximate surface area is 155 Å². The molecule has 0 amide bonds. The van der Waals surface area contributed by atoms with Crippen LogP contribution >= 0.6 is 0 Å². The molecule has 0 aliphatic carbocycles. The molecule has 1 aromatic heterocycles. The molecule has 0 spiro atoms. The quantitative estimate of drug-likeness (QED) is 0.604. The fourth-order valence-corrected chi connectivity index (χ4v) is 3.18. The Hall–Kier alpha value is -2.33. The summed E-state index contributed by atoms with van der Waals surface area (Å²) in [6.07, 6.45) is 2.99. The average molecular weight is 352 g/mol. The minimum atomic E-state index is -0.0347. The van der Waals surface area contributed by atoms with Crippen molar-refractivity contribution >= 4 is 11.0 Å². The van der Waals surface area contributed by atoms with Gasteiger partial charge in [0.25, 0.3) is 0 Å². The van der Waals surface area contributed by atoms with Crippen LogP contribution in [0.5, 0.6) is 5.75 Å². The lowest BCUT2D eigenvalue weighted by atomic mass is 10.1. The van der Waals surface area contributed by atoms with Gasteiger partial charge in [0, 0.05) is 6.54 Å². The zero-order valence-corrected chi connectivity index (χ0v) is 16.0. The molecule has 2 aromatic carbocycles. The number of hydrogen-bond acceptors (Lipinski definition) is 3. The van der Waals surface area contributed by atoms with Gasteiger partial charge in [-0.15, -0.1) is 0 Å². The third-order valence-corrected chi connectivity index (χ3v) is 4.96. The molecule has 0 unspecified atom stereocenters. The molecule has 138 valence electrons. The zero-order valence-electron chi connectivity index (χ0n) is 16.0. The van der Waals surface area contributed by atoms with E-state index in [2.05, 4.69) is 54.6 Å². The van der Waals surface area contributed by atoms with E-state index in [0.29, 0.717) is 6.61 Å². The van der Waals surface area contributed by atoms with Crippen LogP contribution in [0.2, 0.25) is 0 Å². The number of ether oxygens (including phenoxy) is 1. The average Bonchev–Trinajstić information content (AvgIpc) is 2.99. The number of aliphatic hydroxyl groups is 1. The summed E-state index contributed by atoms with van der Waals surface area (Å²) in [4.78, 5) is 4.58. The summed E-state index contributed by atoms with van der Waals surface area (Å²) in [5, 5.41) is 9.64. The zero-order chi connectivity index (χ0) is 18.5. The third-order valence-electron chi connectivity index (χ3n) is 4.96. The highest BCUT2D eigenvalue weighted by molar-refractivity contribution is 5.78. The first kappa shape index (κ1) is 18.5. The molecule has 3 rings (SSSR count). The highest BCUT2D eigenvalue weighted by atomic mass is 16.5. The van der Waals surface area contributed by atoms with Crippen LogP contribution in [0.25, 0.3) is 11.0 Å². The molecule has 4 heteroatoms. The van der Waals surface area contributed by atoms with Gasteiger partial charge in [0.05, 0.1) is 17.6 Å². The molecule has 26 heavy (non-hydrogen) atoms. The van der Waals surface area contributed by atoms with Crippen LogP contribution in [0, 0.1) is 13.8 Å². The standard InChI is InChI=1S/C22H28N2O2/c1-4-18-7-9-19(10-8-18)26-12-6-5-11-24-21-14-17(3)16(2)13-20(21)23-22(24)15-25/h7-10,13-14,25H,4-6,11-12,15H2,1-3H3. The molecule has 3 aromatic rings. The van der Waals surface area contributed by atoms with E-state index in [1.54, 1.807) is 0 Å². The van der Waals surface area contributed by atoms with E-state index in [1.807, 2.05) is 12.1 Å². The van der Waals surface area contributed by atoms with E-state index in [1.165, 1.54) is 16.7 Å². The van der Waals surface area contributed by atoms with Crippen LogP contribution in [0.3, 0.4) is 0 Å². The summed E-state index contributed by atoms with van der Waals surface area (Å²) >= 11 is 0.